The fourth-order valence-corrected chi connectivity index (χ4v) is 2.98. The third-order valence-corrected chi connectivity index (χ3v) is 4.36. The van der Waals surface area contributed by atoms with Crippen LogP contribution >= 0.6 is 0 Å². The quantitative estimate of drug-likeness (QED) is 0.751. The first kappa shape index (κ1) is 17.0. The third kappa shape index (κ3) is 4.38. The summed E-state index contributed by atoms with van der Waals surface area (Å²) in [7, 11) is 1.84. The summed E-state index contributed by atoms with van der Waals surface area (Å²) < 4.78 is 1.96. The summed E-state index contributed by atoms with van der Waals surface area (Å²) in [6, 6.07) is 14.7. The van der Waals surface area contributed by atoms with E-state index in [0.29, 0.717) is 13.1 Å². The molecule has 0 aliphatic rings. The topological polar surface area (TPSA) is 50.2 Å². The highest BCUT2D eigenvalue weighted by molar-refractivity contribution is 5.85. The van der Waals surface area contributed by atoms with Gasteiger partial charge in [0.25, 0.3) is 0 Å². The van der Waals surface area contributed by atoms with Gasteiger partial charge in [0.2, 0.25) is 0 Å². The largest absolute Gasteiger partial charge is 0.335 e. The van der Waals surface area contributed by atoms with Crippen LogP contribution in [0.5, 0.6) is 0 Å². The van der Waals surface area contributed by atoms with Gasteiger partial charge in [-0.3, -0.25) is 0 Å². The molecule has 0 radical (unpaired) electrons. The molecule has 0 spiro atoms. The summed E-state index contributed by atoms with van der Waals surface area (Å²) in [5.74, 6) is 0. The lowest BCUT2D eigenvalue weighted by molar-refractivity contribution is 0.204. The minimum atomic E-state index is -0.0483. The SMILES string of the molecule is CC(Cn1ccnc1)NC(=O)N(C)CCc1cccc2ccccc12. The highest BCUT2D eigenvalue weighted by Crippen LogP contribution is 2.19. The Morgan fingerprint density at radius 3 is 2.84 bits per heavy atom. The molecule has 0 bridgehead atoms. The zero-order chi connectivity index (χ0) is 17.6. The van der Waals surface area contributed by atoms with Crippen molar-refractivity contribution in [2.75, 3.05) is 13.6 Å². The van der Waals surface area contributed by atoms with E-state index in [4.69, 9.17) is 0 Å². The van der Waals surface area contributed by atoms with Crippen LogP contribution < -0.4 is 5.32 Å². The van der Waals surface area contributed by atoms with Gasteiger partial charge in [-0.15, -0.1) is 0 Å². The van der Waals surface area contributed by atoms with Crippen molar-refractivity contribution < 1.29 is 4.79 Å². The molecule has 1 unspecified atom stereocenters. The molecule has 3 aromatic rings. The number of likely N-dealkylation sites (N-methyl/N-ethyl adjacent to an activating group) is 1. The Morgan fingerprint density at radius 1 is 1.24 bits per heavy atom. The smallest absolute Gasteiger partial charge is 0.317 e. The average Bonchev–Trinajstić information content (AvgIpc) is 3.12. The number of rotatable bonds is 6. The molecule has 0 saturated carbocycles. The normalized spacial score (nSPS) is 12.1. The maximum Gasteiger partial charge on any atom is 0.317 e. The number of hydrogen-bond donors (Lipinski definition) is 1. The van der Waals surface area contributed by atoms with E-state index in [0.717, 1.165) is 6.42 Å². The molecule has 130 valence electrons. The number of carbonyl (C=O) groups excluding carboxylic acids is 1. The predicted octanol–water partition coefficient (Wildman–Crippen LogP) is 3.31. The minimum Gasteiger partial charge on any atom is -0.335 e. The van der Waals surface area contributed by atoms with Gasteiger partial charge in [-0.25, -0.2) is 9.78 Å². The van der Waals surface area contributed by atoms with E-state index < -0.39 is 0 Å². The molecule has 5 heteroatoms. The lowest BCUT2D eigenvalue weighted by atomic mass is 10.0. The van der Waals surface area contributed by atoms with Crippen molar-refractivity contribution in [3.8, 4) is 0 Å². The molecule has 1 atom stereocenters. The number of hydrogen-bond acceptors (Lipinski definition) is 2. The van der Waals surface area contributed by atoms with Gasteiger partial charge in [-0.1, -0.05) is 42.5 Å². The summed E-state index contributed by atoms with van der Waals surface area (Å²) >= 11 is 0. The number of nitrogens with one attached hydrogen (secondary N) is 1. The van der Waals surface area contributed by atoms with E-state index in [1.54, 1.807) is 17.4 Å². The van der Waals surface area contributed by atoms with Crippen molar-refractivity contribution in [3.63, 3.8) is 0 Å². The number of aromatic nitrogens is 2. The fourth-order valence-electron chi connectivity index (χ4n) is 2.98. The van der Waals surface area contributed by atoms with Crippen molar-refractivity contribution in [2.24, 2.45) is 0 Å². The first-order chi connectivity index (χ1) is 12.1. The monoisotopic (exact) mass is 336 g/mol. The van der Waals surface area contributed by atoms with Crippen LogP contribution in [0, 0.1) is 0 Å². The fraction of sp³-hybridized carbons (Fsp3) is 0.300. The van der Waals surface area contributed by atoms with E-state index in [1.807, 2.05) is 30.8 Å². The van der Waals surface area contributed by atoms with E-state index in [2.05, 4.69) is 46.7 Å². The molecule has 1 heterocycles. The second-order valence-corrected chi connectivity index (χ2v) is 6.42. The zero-order valence-corrected chi connectivity index (χ0v) is 14.7. The zero-order valence-electron chi connectivity index (χ0n) is 14.7. The van der Waals surface area contributed by atoms with Crippen molar-refractivity contribution >= 4 is 16.8 Å². The van der Waals surface area contributed by atoms with E-state index in [-0.39, 0.29) is 12.1 Å². The molecule has 25 heavy (non-hydrogen) atoms. The number of nitrogens with zero attached hydrogens (tertiary/aromatic N) is 3. The van der Waals surface area contributed by atoms with Crippen LogP contribution in [-0.4, -0.2) is 40.1 Å². The molecule has 1 aromatic heterocycles. The molecule has 2 amide bonds. The molecular formula is C20H24N4O. The average molecular weight is 336 g/mol. The second-order valence-electron chi connectivity index (χ2n) is 6.42. The second kappa shape index (κ2) is 7.83. The standard InChI is InChI=1S/C20H24N4O/c1-16(14-24-13-11-21-15-24)22-20(25)23(2)12-10-18-8-5-7-17-6-3-4-9-19(17)18/h3-9,11,13,15-16H,10,12,14H2,1-2H3,(H,22,25). The van der Waals surface area contributed by atoms with Gasteiger partial charge in [-0.2, -0.15) is 0 Å². The predicted molar refractivity (Wildman–Crippen MR) is 101 cm³/mol. The molecule has 0 aliphatic heterocycles. The summed E-state index contributed by atoms with van der Waals surface area (Å²) in [6.45, 7) is 3.39. The van der Waals surface area contributed by atoms with Gasteiger partial charge < -0.3 is 14.8 Å². The van der Waals surface area contributed by atoms with E-state index in [1.165, 1.54) is 16.3 Å². The van der Waals surface area contributed by atoms with Gasteiger partial charge in [-0.05, 0) is 29.7 Å². The molecule has 0 saturated heterocycles. The van der Waals surface area contributed by atoms with E-state index >= 15 is 0 Å². The van der Waals surface area contributed by atoms with Crippen LogP contribution in [0.1, 0.15) is 12.5 Å². The van der Waals surface area contributed by atoms with E-state index in [9.17, 15) is 4.79 Å². The van der Waals surface area contributed by atoms with Crippen molar-refractivity contribution in [3.05, 3.63) is 66.7 Å². The molecular weight excluding hydrogens is 312 g/mol. The van der Waals surface area contributed by atoms with Gasteiger partial charge in [0.05, 0.1) is 6.33 Å². The molecule has 0 aliphatic carbocycles. The lowest BCUT2D eigenvalue weighted by Crippen LogP contribution is -2.44. The number of imidazole rings is 1. The molecule has 0 fully saturated rings. The van der Waals surface area contributed by atoms with Crippen molar-refractivity contribution in [1.82, 2.24) is 19.8 Å². The Morgan fingerprint density at radius 2 is 2.04 bits per heavy atom. The maximum absolute atomic E-state index is 12.4. The summed E-state index contributed by atoms with van der Waals surface area (Å²) in [5.41, 5.74) is 1.27. The van der Waals surface area contributed by atoms with Crippen LogP contribution in [0.25, 0.3) is 10.8 Å². The van der Waals surface area contributed by atoms with Crippen molar-refractivity contribution in [1.29, 1.82) is 0 Å². The summed E-state index contributed by atoms with van der Waals surface area (Å²) in [4.78, 5) is 18.1. The highest BCUT2D eigenvalue weighted by Gasteiger charge is 2.12. The van der Waals surface area contributed by atoms with Gasteiger partial charge in [0, 0.05) is 38.6 Å². The molecule has 5 nitrogen and oxygen atoms in total. The van der Waals surface area contributed by atoms with Crippen LogP contribution in [0.3, 0.4) is 0 Å². The van der Waals surface area contributed by atoms with Crippen molar-refractivity contribution in [2.45, 2.75) is 25.9 Å². The highest BCUT2D eigenvalue weighted by atomic mass is 16.2. The molecule has 3 rings (SSSR count). The number of fused-ring (bicyclic) bond motifs is 1. The third-order valence-electron chi connectivity index (χ3n) is 4.36. The number of benzene rings is 2. The number of amides is 2. The van der Waals surface area contributed by atoms with Gasteiger partial charge in [0.15, 0.2) is 0 Å². The van der Waals surface area contributed by atoms with Crippen LogP contribution in [0.15, 0.2) is 61.2 Å². The summed E-state index contributed by atoms with van der Waals surface area (Å²) in [6.07, 6.45) is 6.23. The molecule has 2 aromatic carbocycles. The Labute approximate surface area is 148 Å². The maximum atomic E-state index is 12.4. The van der Waals surface area contributed by atoms with Gasteiger partial charge >= 0.3 is 6.03 Å². The Bertz CT molecular complexity index is 823. The summed E-state index contributed by atoms with van der Waals surface area (Å²) in [5, 5.41) is 5.52. The van der Waals surface area contributed by atoms with Crippen LogP contribution in [0.4, 0.5) is 4.79 Å². The Kier molecular flexibility index (Phi) is 5.33. The minimum absolute atomic E-state index is 0.0432. The van der Waals surface area contributed by atoms with Crippen LogP contribution in [0.2, 0.25) is 0 Å². The number of carbonyl (C=O) groups is 1. The first-order valence-electron chi connectivity index (χ1n) is 8.57. The Balaban J connectivity index is 1.54. The number of urea groups is 1. The van der Waals surface area contributed by atoms with Crippen LogP contribution in [-0.2, 0) is 13.0 Å². The molecule has 1 N–H and O–H groups in total. The van der Waals surface area contributed by atoms with Gasteiger partial charge in [0.1, 0.15) is 0 Å². The lowest BCUT2D eigenvalue weighted by Gasteiger charge is -2.22. The Hall–Kier alpha value is -2.82. The first-order valence-corrected chi connectivity index (χ1v) is 8.57.